The summed E-state index contributed by atoms with van der Waals surface area (Å²) in [6.07, 6.45) is 0.693. The molecule has 1 aromatic heterocycles. The Morgan fingerprint density at radius 1 is 1.04 bits per heavy atom. The van der Waals surface area contributed by atoms with Gasteiger partial charge in [-0.25, -0.2) is 0 Å². The van der Waals surface area contributed by atoms with Crippen molar-refractivity contribution in [3.8, 4) is 11.8 Å². The Balaban J connectivity index is 1.77. The van der Waals surface area contributed by atoms with Gasteiger partial charge < -0.3 is 15.0 Å². The van der Waals surface area contributed by atoms with Crippen LogP contribution < -0.4 is 10.5 Å². The van der Waals surface area contributed by atoms with Crippen LogP contribution in [0.15, 0.2) is 54.6 Å². The van der Waals surface area contributed by atoms with Crippen LogP contribution in [0.4, 0.5) is 5.69 Å². The summed E-state index contributed by atoms with van der Waals surface area (Å²) in [6.45, 7) is 5.16. The molecule has 0 aliphatic heterocycles. The third-order valence-electron chi connectivity index (χ3n) is 4.42. The molecule has 1 heterocycles. The Kier molecular flexibility index (Phi) is 5.28. The second kappa shape index (κ2) is 7.79. The summed E-state index contributed by atoms with van der Waals surface area (Å²) < 4.78 is 7.81. The molecule has 26 heavy (non-hydrogen) atoms. The summed E-state index contributed by atoms with van der Waals surface area (Å²) in [7, 11) is 0. The molecule has 0 aliphatic rings. The minimum atomic E-state index is 0.479. The summed E-state index contributed by atoms with van der Waals surface area (Å²) in [5.41, 5.74) is 11.9. The van der Waals surface area contributed by atoms with E-state index in [1.54, 1.807) is 6.07 Å². The molecule has 0 unspecified atom stereocenters. The summed E-state index contributed by atoms with van der Waals surface area (Å²) in [5, 5.41) is 9.44. The van der Waals surface area contributed by atoms with E-state index in [0.29, 0.717) is 31.0 Å². The molecule has 0 amide bonds. The average molecular weight is 345 g/mol. The van der Waals surface area contributed by atoms with Crippen molar-refractivity contribution in [3.05, 3.63) is 82.7 Å². The molecule has 0 saturated carbocycles. The van der Waals surface area contributed by atoms with E-state index in [4.69, 9.17) is 10.5 Å². The molecule has 0 spiro atoms. The van der Waals surface area contributed by atoms with Crippen LogP contribution in [0.5, 0.6) is 5.75 Å². The minimum Gasteiger partial charge on any atom is -0.492 e. The van der Waals surface area contributed by atoms with Crippen LogP contribution >= 0.6 is 0 Å². The van der Waals surface area contributed by atoms with Crippen molar-refractivity contribution < 1.29 is 4.74 Å². The van der Waals surface area contributed by atoms with Crippen LogP contribution in [0.1, 0.15) is 28.1 Å². The van der Waals surface area contributed by atoms with Crippen LogP contribution in [0, 0.1) is 25.2 Å². The number of nitrogens with two attached hydrogens (primary N) is 1. The smallest absolute Gasteiger partial charge is 0.122 e. The molecule has 0 atom stereocenters. The van der Waals surface area contributed by atoms with Gasteiger partial charge in [-0.3, -0.25) is 0 Å². The summed E-state index contributed by atoms with van der Waals surface area (Å²) in [6, 6.07) is 20.3. The number of nitrogen functional groups attached to an aromatic ring is 1. The highest BCUT2D eigenvalue weighted by atomic mass is 16.5. The van der Waals surface area contributed by atoms with Crippen molar-refractivity contribution in [2.75, 3.05) is 12.3 Å². The van der Waals surface area contributed by atoms with E-state index < -0.39 is 0 Å². The molecule has 0 aliphatic carbocycles. The lowest BCUT2D eigenvalue weighted by molar-refractivity contribution is 0.296. The topological polar surface area (TPSA) is 64.0 Å². The molecule has 3 rings (SSSR count). The van der Waals surface area contributed by atoms with Crippen LogP contribution in [-0.2, 0) is 13.0 Å². The zero-order valence-corrected chi connectivity index (χ0v) is 15.2. The molecule has 3 aromatic rings. The zero-order chi connectivity index (χ0) is 18.5. The van der Waals surface area contributed by atoms with E-state index in [1.165, 1.54) is 11.1 Å². The predicted molar refractivity (Wildman–Crippen MR) is 104 cm³/mol. The molecule has 0 saturated heterocycles. The maximum atomic E-state index is 9.44. The first-order valence-corrected chi connectivity index (χ1v) is 8.70. The Morgan fingerprint density at radius 3 is 2.50 bits per heavy atom. The number of benzene rings is 2. The third-order valence-corrected chi connectivity index (χ3v) is 4.42. The number of aryl methyl sites for hydroxylation is 2. The average Bonchev–Trinajstić information content (AvgIpc) is 2.92. The standard InChI is InChI=1S/C22H23N3O/c1-16-6-8-18(9-7-16)13-22-21(24)14-19(15-23)25(22)10-11-26-20-5-3-4-17(2)12-20/h3-9,12,14H,10-11,13,24H2,1-2H3. The molecule has 2 aromatic carbocycles. The van der Waals surface area contributed by atoms with Crippen molar-refractivity contribution in [3.63, 3.8) is 0 Å². The third kappa shape index (κ3) is 4.07. The number of aromatic nitrogens is 1. The molecular formula is C22H23N3O. The lowest BCUT2D eigenvalue weighted by Gasteiger charge is -2.13. The van der Waals surface area contributed by atoms with E-state index in [2.05, 4.69) is 37.3 Å². The molecule has 0 fully saturated rings. The minimum absolute atomic E-state index is 0.479. The second-order valence-electron chi connectivity index (χ2n) is 6.52. The normalized spacial score (nSPS) is 10.5. The Morgan fingerprint density at radius 2 is 1.81 bits per heavy atom. The predicted octanol–water partition coefficient (Wildman–Crippen LogP) is 4.23. The van der Waals surface area contributed by atoms with Gasteiger partial charge in [0.15, 0.2) is 0 Å². The Bertz CT molecular complexity index is 933. The van der Waals surface area contributed by atoms with E-state index >= 15 is 0 Å². The zero-order valence-electron chi connectivity index (χ0n) is 15.2. The first-order valence-electron chi connectivity index (χ1n) is 8.70. The first kappa shape index (κ1) is 17.6. The number of ether oxygens (including phenoxy) is 1. The van der Waals surface area contributed by atoms with E-state index in [-0.39, 0.29) is 0 Å². The van der Waals surface area contributed by atoms with Crippen molar-refractivity contribution in [1.29, 1.82) is 5.26 Å². The number of anilines is 1. The summed E-state index contributed by atoms with van der Waals surface area (Å²) >= 11 is 0. The van der Waals surface area contributed by atoms with Gasteiger partial charge in [-0.15, -0.1) is 0 Å². The number of nitriles is 1. The number of rotatable bonds is 6. The lowest BCUT2D eigenvalue weighted by atomic mass is 10.1. The van der Waals surface area contributed by atoms with Gasteiger partial charge in [0.2, 0.25) is 0 Å². The molecule has 2 N–H and O–H groups in total. The number of hydrogen-bond acceptors (Lipinski definition) is 3. The molecular weight excluding hydrogens is 322 g/mol. The van der Waals surface area contributed by atoms with Gasteiger partial charge in [-0.05, 0) is 43.2 Å². The van der Waals surface area contributed by atoms with Crippen LogP contribution in [0.3, 0.4) is 0 Å². The Labute approximate surface area is 154 Å². The van der Waals surface area contributed by atoms with Gasteiger partial charge in [-0.2, -0.15) is 5.26 Å². The highest BCUT2D eigenvalue weighted by Crippen LogP contribution is 2.22. The van der Waals surface area contributed by atoms with Crippen LogP contribution in [0.2, 0.25) is 0 Å². The van der Waals surface area contributed by atoms with Crippen molar-refractivity contribution >= 4 is 5.69 Å². The number of nitrogens with zero attached hydrogens (tertiary/aromatic N) is 2. The summed E-state index contributed by atoms with van der Waals surface area (Å²) in [4.78, 5) is 0. The monoisotopic (exact) mass is 345 g/mol. The summed E-state index contributed by atoms with van der Waals surface area (Å²) in [5.74, 6) is 0.837. The fraction of sp³-hybridized carbons (Fsp3) is 0.227. The SMILES string of the molecule is Cc1ccc(Cc2c(N)cc(C#N)n2CCOc2cccc(C)c2)cc1. The number of hydrogen-bond donors (Lipinski definition) is 1. The van der Waals surface area contributed by atoms with E-state index in [1.807, 2.05) is 35.8 Å². The van der Waals surface area contributed by atoms with Gasteiger partial charge >= 0.3 is 0 Å². The van der Waals surface area contributed by atoms with E-state index in [0.717, 1.165) is 17.0 Å². The maximum absolute atomic E-state index is 9.44. The van der Waals surface area contributed by atoms with Crippen LogP contribution in [-0.4, -0.2) is 11.2 Å². The molecule has 0 radical (unpaired) electrons. The highest BCUT2D eigenvalue weighted by Gasteiger charge is 2.14. The van der Waals surface area contributed by atoms with Crippen molar-refractivity contribution in [2.45, 2.75) is 26.8 Å². The van der Waals surface area contributed by atoms with Gasteiger partial charge in [-0.1, -0.05) is 42.0 Å². The largest absolute Gasteiger partial charge is 0.492 e. The highest BCUT2D eigenvalue weighted by molar-refractivity contribution is 5.52. The first-order chi connectivity index (χ1) is 12.6. The second-order valence-corrected chi connectivity index (χ2v) is 6.52. The van der Waals surface area contributed by atoms with Crippen LogP contribution in [0.25, 0.3) is 0 Å². The fourth-order valence-electron chi connectivity index (χ4n) is 3.01. The van der Waals surface area contributed by atoms with Gasteiger partial charge in [0.1, 0.15) is 24.1 Å². The van der Waals surface area contributed by atoms with Gasteiger partial charge in [0.05, 0.1) is 12.2 Å². The quantitative estimate of drug-likeness (QED) is 0.727. The molecule has 132 valence electrons. The molecule has 4 heteroatoms. The van der Waals surface area contributed by atoms with Gasteiger partial charge in [0.25, 0.3) is 0 Å². The fourth-order valence-corrected chi connectivity index (χ4v) is 3.01. The van der Waals surface area contributed by atoms with E-state index in [9.17, 15) is 5.26 Å². The van der Waals surface area contributed by atoms with Gasteiger partial charge in [0, 0.05) is 12.1 Å². The molecule has 4 nitrogen and oxygen atoms in total. The Hall–Kier alpha value is -3.19. The maximum Gasteiger partial charge on any atom is 0.122 e. The van der Waals surface area contributed by atoms with Crippen molar-refractivity contribution in [2.24, 2.45) is 0 Å². The van der Waals surface area contributed by atoms with Crippen molar-refractivity contribution in [1.82, 2.24) is 4.57 Å². The molecule has 0 bridgehead atoms. The lowest BCUT2D eigenvalue weighted by Crippen LogP contribution is -2.13.